The van der Waals surface area contributed by atoms with Gasteiger partial charge in [-0.2, -0.15) is 0 Å². The van der Waals surface area contributed by atoms with Crippen molar-refractivity contribution in [1.82, 2.24) is 5.32 Å². The van der Waals surface area contributed by atoms with Crippen molar-refractivity contribution in [2.75, 3.05) is 6.54 Å². The van der Waals surface area contributed by atoms with E-state index in [2.05, 4.69) is 5.32 Å². The first-order valence-corrected chi connectivity index (χ1v) is 6.24. The molecule has 1 amide bonds. The number of hydrogen-bond donors (Lipinski definition) is 3. The van der Waals surface area contributed by atoms with Gasteiger partial charge in [0.25, 0.3) is 5.91 Å². The molecule has 0 saturated heterocycles. The van der Waals surface area contributed by atoms with Crippen molar-refractivity contribution in [3.05, 3.63) is 46.3 Å². The maximum Gasteiger partial charge on any atom is 0.287 e. The molecule has 0 spiro atoms. The Kier molecular flexibility index (Phi) is 4.16. The summed E-state index contributed by atoms with van der Waals surface area (Å²) in [6, 6.07) is 7.26. The fraction of sp³-hybridized carbons (Fsp3) is 0.286. The molecule has 106 valence electrons. The minimum absolute atomic E-state index is 0.0773. The fourth-order valence-electron chi connectivity index (χ4n) is 1.68. The number of carbonyl (C=O) groups is 1. The third-order valence-electron chi connectivity index (χ3n) is 2.98. The molecule has 0 radical (unpaired) electrons. The second-order valence-electron chi connectivity index (χ2n) is 4.59. The molecule has 0 aliphatic rings. The Hall–Kier alpha value is -2.18. The van der Waals surface area contributed by atoms with Crippen LogP contribution in [-0.2, 0) is 0 Å². The van der Waals surface area contributed by atoms with E-state index < -0.39 is 18.1 Å². The molecule has 1 heterocycles. The Labute approximate surface area is 115 Å². The number of carbonyl (C=O) groups excluding carboxylic acids is 1. The zero-order valence-electron chi connectivity index (χ0n) is 11.0. The second-order valence-corrected chi connectivity index (χ2v) is 4.59. The number of para-hydroxylation sites is 1. The minimum atomic E-state index is -0.737. The van der Waals surface area contributed by atoms with E-state index in [1.165, 1.54) is 6.92 Å². The number of fused-ring (bicyclic) bond motifs is 1. The molecule has 2 unspecified atom stereocenters. The number of nitrogens with one attached hydrogen (secondary N) is 1. The fourth-order valence-corrected chi connectivity index (χ4v) is 1.68. The van der Waals surface area contributed by atoms with Crippen LogP contribution in [-0.4, -0.2) is 29.7 Å². The summed E-state index contributed by atoms with van der Waals surface area (Å²) in [4.78, 5) is 23.7. The van der Waals surface area contributed by atoms with Gasteiger partial charge >= 0.3 is 0 Å². The molecule has 20 heavy (non-hydrogen) atoms. The van der Waals surface area contributed by atoms with Gasteiger partial charge in [-0.25, -0.2) is 0 Å². The number of aliphatic hydroxyl groups is 1. The Bertz CT molecular complexity index is 678. The van der Waals surface area contributed by atoms with Gasteiger partial charge < -0.3 is 20.6 Å². The molecular weight excluding hydrogens is 260 g/mol. The van der Waals surface area contributed by atoms with Crippen LogP contribution in [0.4, 0.5) is 0 Å². The SMILES string of the molecule is CC(O)C(N)CNC(=O)c1cc(=O)c2ccccc2o1. The van der Waals surface area contributed by atoms with Gasteiger partial charge in [0.15, 0.2) is 11.2 Å². The molecule has 0 saturated carbocycles. The third-order valence-corrected chi connectivity index (χ3v) is 2.98. The normalized spacial score (nSPS) is 13.9. The standard InChI is InChI=1S/C14H16N2O4/c1-8(17)10(15)7-16-14(19)13-6-11(18)9-4-2-3-5-12(9)20-13/h2-6,8,10,17H,7,15H2,1H3,(H,16,19). The molecule has 0 bridgehead atoms. The van der Waals surface area contributed by atoms with Crippen molar-refractivity contribution in [2.24, 2.45) is 5.73 Å². The molecule has 0 aliphatic heterocycles. The topological polar surface area (TPSA) is 106 Å². The van der Waals surface area contributed by atoms with E-state index in [0.717, 1.165) is 6.07 Å². The summed E-state index contributed by atoms with van der Waals surface area (Å²) in [5.74, 6) is -0.615. The molecular formula is C14H16N2O4. The lowest BCUT2D eigenvalue weighted by molar-refractivity contribution is 0.0910. The highest BCUT2D eigenvalue weighted by Crippen LogP contribution is 2.11. The summed E-state index contributed by atoms with van der Waals surface area (Å²) >= 11 is 0. The zero-order chi connectivity index (χ0) is 14.7. The lowest BCUT2D eigenvalue weighted by Gasteiger charge is -2.14. The Balaban J connectivity index is 2.21. The summed E-state index contributed by atoms with van der Waals surface area (Å²) in [6.07, 6.45) is -0.737. The van der Waals surface area contributed by atoms with Gasteiger partial charge in [0.1, 0.15) is 5.58 Å². The molecule has 2 atom stereocenters. The highest BCUT2D eigenvalue weighted by Gasteiger charge is 2.15. The lowest BCUT2D eigenvalue weighted by atomic mass is 10.2. The number of aliphatic hydroxyl groups excluding tert-OH is 1. The highest BCUT2D eigenvalue weighted by molar-refractivity contribution is 5.93. The van der Waals surface area contributed by atoms with E-state index >= 15 is 0 Å². The monoisotopic (exact) mass is 276 g/mol. The summed E-state index contributed by atoms with van der Waals surface area (Å²) < 4.78 is 5.38. The van der Waals surface area contributed by atoms with Crippen LogP contribution in [0.3, 0.4) is 0 Å². The van der Waals surface area contributed by atoms with Crippen molar-refractivity contribution < 1.29 is 14.3 Å². The van der Waals surface area contributed by atoms with Crippen molar-refractivity contribution in [2.45, 2.75) is 19.1 Å². The van der Waals surface area contributed by atoms with Gasteiger partial charge in [-0.15, -0.1) is 0 Å². The van der Waals surface area contributed by atoms with E-state index in [1.807, 2.05) is 0 Å². The number of nitrogens with two attached hydrogens (primary N) is 1. The zero-order valence-corrected chi connectivity index (χ0v) is 11.0. The Morgan fingerprint density at radius 2 is 2.15 bits per heavy atom. The second kappa shape index (κ2) is 5.85. The van der Waals surface area contributed by atoms with Crippen LogP contribution in [0.1, 0.15) is 17.5 Å². The van der Waals surface area contributed by atoms with Crippen LogP contribution in [0.25, 0.3) is 11.0 Å². The van der Waals surface area contributed by atoms with Gasteiger partial charge in [-0.1, -0.05) is 12.1 Å². The molecule has 1 aromatic carbocycles. The Morgan fingerprint density at radius 3 is 2.85 bits per heavy atom. The first-order valence-electron chi connectivity index (χ1n) is 6.24. The molecule has 0 aliphatic carbocycles. The van der Waals surface area contributed by atoms with Crippen molar-refractivity contribution >= 4 is 16.9 Å². The average molecular weight is 276 g/mol. The largest absolute Gasteiger partial charge is 0.451 e. The molecule has 1 aromatic heterocycles. The van der Waals surface area contributed by atoms with Crippen LogP contribution in [0.15, 0.2) is 39.5 Å². The number of benzene rings is 1. The van der Waals surface area contributed by atoms with Gasteiger partial charge in [0, 0.05) is 18.7 Å². The first-order chi connectivity index (χ1) is 9.49. The van der Waals surface area contributed by atoms with Crippen LogP contribution in [0, 0.1) is 0 Å². The van der Waals surface area contributed by atoms with Gasteiger partial charge in [-0.3, -0.25) is 9.59 Å². The molecule has 0 fully saturated rings. The predicted molar refractivity (Wildman–Crippen MR) is 74.5 cm³/mol. The lowest BCUT2D eigenvalue weighted by Crippen LogP contribution is -2.43. The Morgan fingerprint density at radius 1 is 1.45 bits per heavy atom. The average Bonchev–Trinajstić information content (AvgIpc) is 2.44. The summed E-state index contributed by atoms with van der Waals surface area (Å²) in [7, 11) is 0. The number of hydrogen-bond acceptors (Lipinski definition) is 5. The summed E-state index contributed by atoms with van der Waals surface area (Å²) in [6.45, 7) is 1.63. The maximum absolute atomic E-state index is 11.9. The molecule has 6 heteroatoms. The molecule has 2 rings (SSSR count). The van der Waals surface area contributed by atoms with Gasteiger partial charge in [0.05, 0.1) is 11.5 Å². The molecule has 4 N–H and O–H groups in total. The molecule has 2 aromatic rings. The predicted octanol–water partition coefficient (Wildman–Crippen LogP) is 0.231. The van der Waals surface area contributed by atoms with Crippen LogP contribution in [0.5, 0.6) is 0 Å². The highest BCUT2D eigenvalue weighted by atomic mass is 16.3. The van der Waals surface area contributed by atoms with Crippen LogP contribution in [0.2, 0.25) is 0 Å². The smallest absolute Gasteiger partial charge is 0.287 e. The van der Waals surface area contributed by atoms with E-state index in [0.29, 0.717) is 11.0 Å². The van der Waals surface area contributed by atoms with E-state index in [1.54, 1.807) is 24.3 Å². The van der Waals surface area contributed by atoms with Crippen molar-refractivity contribution in [3.63, 3.8) is 0 Å². The summed E-state index contributed by atoms with van der Waals surface area (Å²) in [5.41, 5.74) is 5.68. The quantitative estimate of drug-likeness (QED) is 0.741. The van der Waals surface area contributed by atoms with Crippen LogP contribution < -0.4 is 16.5 Å². The van der Waals surface area contributed by atoms with Gasteiger partial charge in [0.2, 0.25) is 0 Å². The van der Waals surface area contributed by atoms with E-state index in [9.17, 15) is 14.7 Å². The number of rotatable bonds is 4. The summed E-state index contributed by atoms with van der Waals surface area (Å²) in [5, 5.41) is 12.2. The van der Waals surface area contributed by atoms with Gasteiger partial charge in [-0.05, 0) is 19.1 Å². The minimum Gasteiger partial charge on any atom is -0.451 e. The van der Waals surface area contributed by atoms with Crippen molar-refractivity contribution in [3.8, 4) is 0 Å². The number of amides is 1. The maximum atomic E-state index is 11.9. The first kappa shape index (κ1) is 14.2. The van der Waals surface area contributed by atoms with Crippen LogP contribution >= 0.6 is 0 Å². The van der Waals surface area contributed by atoms with Crippen molar-refractivity contribution in [1.29, 1.82) is 0 Å². The van der Waals surface area contributed by atoms with E-state index in [4.69, 9.17) is 10.2 Å². The third kappa shape index (κ3) is 3.04. The van der Waals surface area contributed by atoms with E-state index in [-0.39, 0.29) is 17.7 Å². The molecule has 6 nitrogen and oxygen atoms in total.